The second-order valence-corrected chi connectivity index (χ2v) is 4.16. The number of anilines is 1. The van der Waals surface area contributed by atoms with Gasteiger partial charge in [0, 0.05) is 12.8 Å². The van der Waals surface area contributed by atoms with E-state index >= 15 is 0 Å². The van der Waals surface area contributed by atoms with Gasteiger partial charge in [0.25, 0.3) is 0 Å². The van der Waals surface area contributed by atoms with E-state index in [1.54, 1.807) is 6.92 Å². The van der Waals surface area contributed by atoms with E-state index in [-0.39, 0.29) is 18.0 Å². The first kappa shape index (κ1) is 14.4. The first-order valence-corrected chi connectivity index (χ1v) is 5.86. The fraction of sp³-hybridized carbons (Fsp3) is 0.583. The van der Waals surface area contributed by atoms with Crippen molar-refractivity contribution in [2.75, 3.05) is 18.9 Å². The van der Waals surface area contributed by atoms with Gasteiger partial charge in [-0.15, -0.1) is 0 Å². The lowest BCUT2D eigenvalue weighted by molar-refractivity contribution is -0.0207. The molecule has 0 aromatic carbocycles. The number of carbonyl (C=O) groups excluding carboxylic acids is 1. The molecule has 2 N–H and O–H groups in total. The minimum absolute atomic E-state index is 0.103. The highest BCUT2D eigenvalue weighted by molar-refractivity contribution is 5.93. The lowest BCUT2D eigenvalue weighted by Crippen LogP contribution is -2.26. The molecule has 18 heavy (non-hydrogen) atoms. The Morgan fingerprint density at radius 3 is 2.56 bits per heavy atom. The standard InChI is InChI=1S/C12H19N3O3/c1-5-17-10(16)8-7-14-11(15-9(8)13)12(3,4)18-6-2/h7H,5-6H2,1-4H3,(H2,13,14,15). The SMILES string of the molecule is CCOC(=O)c1cnc(C(C)(C)OCC)nc1N. The molecular formula is C12H19N3O3. The van der Waals surface area contributed by atoms with Gasteiger partial charge in [0.2, 0.25) is 0 Å². The minimum atomic E-state index is -0.643. The number of hydrogen-bond acceptors (Lipinski definition) is 6. The Hall–Kier alpha value is -1.69. The highest BCUT2D eigenvalue weighted by atomic mass is 16.5. The predicted octanol–water partition coefficient (Wildman–Crippen LogP) is 1.51. The maximum Gasteiger partial charge on any atom is 0.343 e. The molecule has 0 bridgehead atoms. The molecule has 0 saturated carbocycles. The van der Waals surface area contributed by atoms with E-state index in [0.717, 1.165) is 0 Å². The summed E-state index contributed by atoms with van der Waals surface area (Å²) in [4.78, 5) is 19.8. The van der Waals surface area contributed by atoms with Gasteiger partial charge >= 0.3 is 5.97 Å². The molecule has 1 aromatic heterocycles. The molecule has 0 aliphatic carbocycles. The van der Waals surface area contributed by atoms with Crippen molar-refractivity contribution < 1.29 is 14.3 Å². The van der Waals surface area contributed by atoms with Gasteiger partial charge in [0.05, 0.1) is 6.61 Å². The molecule has 1 aromatic rings. The number of hydrogen-bond donors (Lipinski definition) is 1. The van der Waals surface area contributed by atoms with Crippen LogP contribution < -0.4 is 5.73 Å². The van der Waals surface area contributed by atoms with Crippen LogP contribution >= 0.6 is 0 Å². The Bertz CT molecular complexity index is 433. The number of aromatic nitrogens is 2. The van der Waals surface area contributed by atoms with Crippen LogP contribution in [0.15, 0.2) is 6.20 Å². The third kappa shape index (κ3) is 3.16. The summed E-state index contributed by atoms with van der Waals surface area (Å²) in [5.41, 5.74) is 5.27. The van der Waals surface area contributed by atoms with E-state index in [1.807, 2.05) is 20.8 Å². The summed E-state index contributed by atoms with van der Waals surface area (Å²) in [7, 11) is 0. The summed E-state index contributed by atoms with van der Waals surface area (Å²) < 4.78 is 10.4. The van der Waals surface area contributed by atoms with Crippen molar-refractivity contribution in [3.8, 4) is 0 Å². The van der Waals surface area contributed by atoms with E-state index in [2.05, 4.69) is 9.97 Å². The molecule has 0 saturated heterocycles. The van der Waals surface area contributed by atoms with Crippen molar-refractivity contribution in [1.29, 1.82) is 0 Å². The number of nitrogens with two attached hydrogens (primary N) is 1. The molecule has 0 radical (unpaired) electrons. The quantitative estimate of drug-likeness (QED) is 0.800. The fourth-order valence-electron chi connectivity index (χ4n) is 1.48. The van der Waals surface area contributed by atoms with Crippen LogP contribution in [0.1, 0.15) is 43.9 Å². The van der Waals surface area contributed by atoms with E-state index < -0.39 is 11.6 Å². The van der Waals surface area contributed by atoms with Crippen LogP contribution in [-0.2, 0) is 15.1 Å². The van der Waals surface area contributed by atoms with E-state index in [1.165, 1.54) is 6.20 Å². The molecule has 100 valence electrons. The summed E-state index contributed by atoms with van der Waals surface area (Å²) in [6, 6.07) is 0. The van der Waals surface area contributed by atoms with Crippen molar-refractivity contribution in [2.45, 2.75) is 33.3 Å². The maximum atomic E-state index is 11.5. The molecule has 0 fully saturated rings. The number of rotatable bonds is 5. The van der Waals surface area contributed by atoms with Crippen molar-refractivity contribution in [3.63, 3.8) is 0 Å². The lowest BCUT2D eigenvalue weighted by Gasteiger charge is -2.23. The lowest BCUT2D eigenvalue weighted by atomic mass is 10.1. The van der Waals surface area contributed by atoms with Gasteiger partial charge in [-0.2, -0.15) is 0 Å². The van der Waals surface area contributed by atoms with Gasteiger partial charge in [0.15, 0.2) is 5.82 Å². The molecule has 0 spiro atoms. The van der Waals surface area contributed by atoms with Gasteiger partial charge in [-0.1, -0.05) is 0 Å². The first-order valence-electron chi connectivity index (χ1n) is 5.86. The molecular weight excluding hydrogens is 234 g/mol. The van der Waals surface area contributed by atoms with Crippen LogP contribution in [0.4, 0.5) is 5.82 Å². The zero-order valence-corrected chi connectivity index (χ0v) is 11.2. The van der Waals surface area contributed by atoms with Crippen molar-refractivity contribution in [1.82, 2.24) is 9.97 Å². The number of nitrogen functional groups attached to an aromatic ring is 1. The average Bonchev–Trinajstić information content (AvgIpc) is 2.29. The molecule has 0 aliphatic rings. The largest absolute Gasteiger partial charge is 0.462 e. The summed E-state index contributed by atoms with van der Waals surface area (Å²) in [6.45, 7) is 8.12. The van der Waals surface area contributed by atoms with Crippen molar-refractivity contribution in [3.05, 3.63) is 17.6 Å². The topological polar surface area (TPSA) is 87.3 Å². The maximum absolute atomic E-state index is 11.5. The minimum Gasteiger partial charge on any atom is -0.462 e. The molecule has 1 rings (SSSR count). The van der Waals surface area contributed by atoms with Gasteiger partial charge in [-0.25, -0.2) is 14.8 Å². The van der Waals surface area contributed by atoms with E-state index in [9.17, 15) is 4.79 Å². The second-order valence-electron chi connectivity index (χ2n) is 4.16. The number of ether oxygens (including phenoxy) is 2. The summed E-state index contributed by atoms with van der Waals surface area (Å²) in [5, 5.41) is 0. The van der Waals surface area contributed by atoms with Crippen molar-refractivity contribution in [2.24, 2.45) is 0 Å². The number of esters is 1. The second kappa shape index (κ2) is 5.77. The van der Waals surface area contributed by atoms with Gasteiger partial charge < -0.3 is 15.2 Å². The molecule has 0 amide bonds. The Balaban J connectivity index is 3.02. The van der Waals surface area contributed by atoms with Crippen LogP contribution in [0, 0.1) is 0 Å². The molecule has 0 unspecified atom stereocenters. The summed E-state index contributed by atoms with van der Waals surface area (Å²) in [6.07, 6.45) is 1.37. The smallest absolute Gasteiger partial charge is 0.343 e. The van der Waals surface area contributed by atoms with Crippen LogP contribution in [0.25, 0.3) is 0 Å². The zero-order chi connectivity index (χ0) is 13.8. The Morgan fingerprint density at radius 2 is 2.06 bits per heavy atom. The Labute approximate surface area is 107 Å². The highest BCUT2D eigenvalue weighted by Crippen LogP contribution is 2.22. The monoisotopic (exact) mass is 253 g/mol. The Kier molecular flexibility index (Phi) is 4.61. The zero-order valence-electron chi connectivity index (χ0n) is 11.2. The van der Waals surface area contributed by atoms with Crippen LogP contribution in [0.5, 0.6) is 0 Å². The number of carbonyl (C=O) groups is 1. The van der Waals surface area contributed by atoms with Gasteiger partial charge in [-0.3, -0.25) is 0 Å². The van der Waals surface area contributed by atoms with Crippen molar-refractivity contribution >= 4 is 11.8 Å². The molecule has 6 nitrogen and oxygen atoms in total. The molecule has 0 atom stereocenters. The first-order chi connectivity index (χ1) is 8.42. The van der Waals surface area contributed by atoms with Crippen LogP contribution in [0.3, 0.4) is 0 Å². The van der Waals surface area contributed by atoms with E-state index in [0.29, 0.717) is 12.4 Å². The van der Waals surface area contributed by atoms with Crippen LogP contribution in [0.2, 0.25) is 0 Å². The van der Waals surface area contributed by atoms with E-state index in [4.69, 9.17) is 15.2 Å². The normalized spacial score (nSPS) is 11.3. The Morgan fingerprint density at radius 1 is 1.39 bits per heavy atom. The third-order valence-corrected chi connectivity index (χ3v) is 2.36. The summed E-state index contributed by atoms with van der Waals surface area (Å²) >= 11 is 0. The fourth-order valence-corrected chi connectivity index (χ4v) is 1.48. The van der Waals surface area contributed by atoms with Gasteiger partial charge in [0.1, 0.15) is 17.0 Å². The molecule has 1 heterocycles. The highest BCUT2D eigenvalue weighted by Gasteiger charge is 2.26. The predicted molar refractivity (Wildman–Crippen MR) is 67.1 cm³/mol. The summed E-state index contributed by atoms with van der Waals surface area (Å²) in [5.74, 6) is 0.0249. The van der Waals surface area contributed by atoms with Gasteiger partial charge in [-0.05, 0) is 27.7 Å². The number of nitrogens with zero attached hydrogens (tertiary/aromatic N) is 2. The molecule has 6 heteroatoms. The average molecular weight is 253 g/mol. The third-order valence-electron chi connectivity index (χ3n) is 2.36. The molecule has 0 aliphatic heterocycles. The van der Waals surface area contributed by atoms with Crippen LogP contribution in [-0.4, -0.2) is 29.2 Å².